The summed E-state index contributed by atoms with van der Waals surface area (Å²) >= 11 is 0. The Bertz CT molecular complexity index is 608. The zero-order valence-electron chi connectivity index (χ0n) is 18.6. The van der Waals surface area contributed by atoms with E-state index < -0.39 is 0 Å². The van der Waals surface area contributed by atoms with Crippen LogP contribution in [0.15, 0.2) is 48.5 Å². The summed E-state index contributed by atoms with van der Waals surface area (Å²) in [4.78, 5) is 0. The molecule has 0 fully saturated rings. The van der Waals surface area contributed by atoms with E-state index in [1.807, 2.05) is 0 Å². The van der Waals surface area contributed by atoms with Crippen LogP contribution >= 0.6 is 15.8 Å². The van der Waals surface area contributed by atoms with Gasteiger partial charge >= 0.3 is 18.9 Å². The van der Waals surface area contributed by atoms with Gasteiger partial charge in [-0.15, -0.1) is 11.4 Å². The molecule has 0 aliphatic carbocycles. The third kappa shape index (κ3) is 7.51. The molecule has 2 rings (SSSR count). The van der Waals surface area contributed by atoms with Gasteiger partial charge in [0.1, 0.15) is 0 Å². The molecule has 0 saturated carbocycles. The first-order chi connectivity index (χ1) is 13.2. The molecule has 1 nitrogen and oxygen atoms in total. The summed E-state index contributed by atoms with van der Waals surface area (Å²) in [5, 5.41) is 8.25. The Labute approximate surface area is 188 Å². The molecule has 0 aromatic heterocycles. The Morgan fingerprint density at radius 3 is 1.21 bits per heavy atom. The summed E-state index contributed by atoms with van der Waals surface area (Å²) in [6.45, 7) is 9.23. The number of benzene rings is 2. The summed E-state index contributed by atoms with van der Waals surface area (Å²) in [6, 6.07) is 17.8. The van der Waals surface area contributed by atoms with E-state index in [0.29, 0.717) is 0 Å². The molecule has 0 spiro atoms. The summed E-state index contributed by atoms with van der Waals surface area (Å²) in [6.07, 6.45) is 10.3. The fourth-order valence-corrected chi connectivity index (χ4v) is 8.63. The van der Waals surface area contributed by atoms with Crippen LogP contribution in [0, 0.1) is 0 Å². The molecule has 2 aromatic carbocycles. The third-order valence-corrected chi connectivity index (χ3v) is 10.7. The van der Waals surface area contributed by atoms with Crippen molar-refractivity contribution >= 4 is 37.8 Å². The van der Waals surface area contributed by atoms with Crippen molar-refractivity contribution in [1.82, 2.24) is 0 Å². The molecule has 2 aromatic rings. The molecular formula is C24H36LiNP2. The van der Waals surface area contributed by atoms with Crippen LogP contribution in [0.25, 0.3) is 5.32 Å². The quantitative estimate of drug-likeness (QED) is 0.352. The molecule has 0 bridgehead atoms. The molecule has 0 N–H and O–H groups in total. The molecule has 0 aliphatic rings. The van der Waals surface area contributed by atoms with Gasteiger partial charge in [0, 0.05) is 0 Å². The van der Waals surface area contributed by atoms with Crippen LogP contribution in [0.1, 0.15) is 53.4 Å². The number of hydrogen-bond acceptors (Lipinski definition) is 0. The SMILES string of the molecule is CCCP(CCC)c1ccccc1[N-]c1ccccc1P(CCC)CCC.[Li+]. The summed E-state index contributed by atoms with van der Waals surface area (Å²) in [5.41, 5.74) is 2.42. The van der Waals surface area contributed by atoms with Crippen molar-refractivity contribution in [2.75, 3.05) is 24.6 Å². The van der Waals surface area contributed by atoms with E-state index in [1.54, 1.807) is 0 Å². The predicted octanol–water partition coefficient (Wildman–Crippen LogP) is 4.88. The Morgan fingerprint density at radius 1 is 0.571 bits per heavy atom. The summed E-state index contributed by atoms with van der Waals surface area (Å²) < 4.78 is 0. The monoisotopic (exact) mass is 407 g/mol. The van der Waals surface area contributed by atoms with Crippen LogP contribution in [0.5, 0.6) is 0 Å². The van der Waals surface area contributed by atoms with E-state index in [4.69, 9.17) is 5.32 Å². The normalized spacial score (nSPS) is 10.9. The molecular weight excluding hydrogens is 371 g/mol. The second-order valence-electron chi connectivity index (χ2n) is 7.06. The van der Waals surface area contributed by atoms with Crippen LogP contribution in [-0.2, 0) is 0 Å². The topological polar surface area (TPSA) is 14.1 Å². The van der Waals surface area contributed by atoms with Gasteiger partial charge in [-0.3, -0.25) is 0 Å². The van der Waals surface area contributed by atoms with Crippen LogP contribution in [-0.4, -0.2) is 24.6 Å². The maximum absolute atomic E-state index is 5.24. The predicted molar refractivity (Wildman–Crippen MR) is 129 cm³/mol. The Morgan fingerprint density at radius 2 is 0.893 bits per heavy atom. The minimum absolute atomic E-state index is 0. The first-order valence-corrected chi connectivity index (χ1v) is 14.1. The maximum Gasteiger partial charge on any atom is 1.00 e. The largest absolute Gasteiger partial charge is 1.00 e. The first-order valence-electron chi connectivity index (χ1n) is 10.6. The molecule has 148 valence electrons. The van der Waals surface area contributed by atoms with Gasteiger partial charge in [0.15, 0.2) is 0 Å². The van der Waals surface area contributed by atoms with Crippen LogP contribution < -0.4 is 29.5 Å². The van der Waals surface area contributed by atoms with E-state index in [-0.39, 0.29) is 34.7 Å². The molecule has 0 atom stereocenters. The first kappa shape index (κ1) is 25.7. The minimum atomic E-state index is -0.0998. The van der Waals surface area contributed by atoms with Gasteiger partial charge < -0.3 is 5.32 Å². The molecule has 0 heterocycles. The van der Waals surface area contributed by atoms with E-state index >= 15 is 0 Å². The van der Waals surface area contributed by atoms with E-state index in [0.717, 1.165) is 0 Å². The van der Waals surface area contributed by atoms with Crippen molar-refractivity contribution in [1.29, 1.82) is 0 Å². The number of rotatable bonds is 12. The standard InChI is InChI=1S/C24H36NP2.Li/c1-5-17-26(18-6-2)23-15-11-9-13-21(23)25-22-14-10-12-16-24(22)27(19-7-3)20-8-4;/h9-16H,5-8,17-20H2,1-4H3;/q-1;+1. The van der Waals surface area contributed by atoms with Crippen molar-refractivity contribution in [3.8, 4) is 0 Å². The Kier molecular flexibility index (Phi) is 13.5. The Balaban J connectivity index is 0.00000392. The average molecular weight is 407 g/mol. The van der Waals surface area contributed by atoms with Crippen molar-refractivity contribution in [3.63, 3.8) is 0 Å². The number of para-hydroxylation sites is 2. The smallest absolute Gasteiger partial charge is 0.657 e. The molecule has 28 heavy (non-hydrogen) atoms. The fraction of sp³-hybridized carbons (Fsp3) is 0.500. The summed E-state index contributed by atoms with van der Waals surface area (Å²) in [7, 11) is -0.200. The zero-order chi connectivity index (χ0) is 19.5. The molecule has 0 radical (unpaired) electrons. The molecule has 0 unspecified atom stereocenters. The number of nitrogens with zero attached hydrogens (tertiary/aromatic N) is 1. The molecule has 0 aliphatic heterocycles. The average Bonchev–Trinajstić information content (AvgIpc) is 2.69. The van der Waals surface area contributed by atoms with Crippen molar-refractivity contribution in [3.05, 3.63) is 53.8 Å². The zero-order valence-corrected chi connectivity index (χ0v) is 20.4. The van der Waals surface area contributed by atoms with Gasteiger partial charge in [-0.2, -0.15) is 0 Å². The minimum Gasteiger partial charge on any atom is -0.657 e. The van der Waals surface area contributed by atoms with Gasteiger partial charge in [-0.1, -0.05) is 118 Å². The Hall–Kier alpha value is -0.303. The van der Waals surface area contributed by atoms with Crippen LogP contribution in [0.2, 0.25) is 0 Å². The van der Waals surface area contributed by atoms with Crippen molar-refractivity contribution in [2.24, 2.45) is 0 Å². The van der Waals surface area contributed by atoms with Crippen LogP contribution in [0.4, 0.5) is 11.4 Å². The second kappa shape index (κ2) is 14.6. The third-order valence-electron chi connectivity index (χ3n) is 4.66. The number of hydrogen-bond donors (Lipinski definition) is 0. The molecule has 0 amide bonds. The van der Waals surface area contributed by atoms with Gasteiger partial charge in [0.2, 0.25) is 0 Å². The van der Waals surface area contributed by atoms with Crippen LogP contribution in [0.3, 0.4) is 0 Å². The van der Waals surface area contributed by atoms with E-state index in [2.05, 4.69) is 76.2 Å². The summed E-state index contributed by atoms with van der Waals surface area (Å²) in [5.74, 6) is 0. The van der Waals surface area contributed by atoms with Gasteiger partial charge in [0.05, 0.1) is 0 Å². The molecule has 0 saturated heterocycles. The van der Waals surface area contributed by atoms with Crippen molar-refractivity contribution < 1.29 is 18.9 Å². The van der Waals surface area contributed by atoms with E-state index in [9.17, 15) is 0 Å². The fourth-order valence-electron chi connectivity index (χ4n) is 3.57. The van der Waals surface area contributed by atoms with Gasteiger partial charge in [-0.05, 0) is 35.3 Å². The molecule has 4 heteroatoms. The van der Waals surface area contributed by atoms with Crippen molar-refractivity contribution in [2.45, 2.75) is 53.4 Å². The van der Waals surface area contributed by atoms with E-state index in [1.165, 1.54) is 72.3 Å². The van der Waals surface area contributed by atoms with Gasteiger partial charge in [0.25, 0.3) is 0 Å². The van der Waals surface area contributed by atoms with Gasteiger partial charge in [-0.25, -0.2) is 0 Å². The maximum atomic E-state index is 5.24. The second-order valence-corrected chi connectivity index (χ2v) is 12.0.